The van der Waals surface area contributed by atoms with E-state index in [1.54, 1.807) is 0 Å². The molecule has 0 saturated heterocycles. The van der Waals surface area contributed by atoms with E-state index in [0.29, 0.717) is 0 Å². The molecule has 0 spiro atoms. The maximum atomic E-state index is 11.0. The van der Waals surface area contributed by atoms with Gasteiger partial charge in [0.05, 0.1) is 11.8 Å². The van der Waals surface area contributed by atoms with Crippen molar-refractivity contribution in [2.45, 2.75) is 25.3 Å². The molecule has 0 heterocycles. The van der Waals surface area contributed by atoms with Gasteiger partial charge < -0.3 is 10.8 Å². The molecule has 0 radical (unpaired) electrons. The Morgan fingerprint density at radius 3 is 2.33 bits per heavy atom. The van der Waals surface area contributed by atoms with Crippen LogP contribution in [-0.4, -0.2) is 37.1 Å². The van der Waals surface area contributed by atoms with E-state index in [4.69, 9.17) is 16.2 Å². The largest absolute Gasteiger partial charge is 0.481 e. The van der Waals surface area contributed by atoms with Crippen molar-refractivity contribution < 1.29 is 18.3 Å². The maximum absolute atomic E-state index is 11.0. The fourth-order valence-electron chi connectivity index (χ4n) is 1.01. The van der Waals surface area contributed by atoms with Crippen molar-refractivity contribution in [1.29, 1.82) is 5.41 Å². The van der Waals surface area contributed by atoms with Crippen LogP contribution in [0.15, 0.2) is 0 Å². The molecule has 7 nitrogen and oxygen atoms in total. The predicted octanol–water partition coefficient (Wildman–Crippen LogP) is -0.905. The molecule has 5 N–H and O–H groups in total. The van der Waals surface area contributed by atoms with E-state index in [1.807, 2.05) is 0 Å². The first kappa shape index (κ1) is 13.8. The highest BCUT2D eigenvalue weighted by Gasteiger charge is 2.31. The first-order chi connectivity index (χ1) is 6.57. The highest BCUT2D eigenvalue weighted by Crippen LogP contribution is 2.13. The molecule has 0 aromatic carbocycles. The SMILES string of the molecule is CC(CCC(=O)O)(NS(C)(=O)=O)C(=N)N. The zero-order valence-corrected chi connectivity index (χ0v) is 9.39. The molecular formula is C7H15N3O4S. The first-order valence-corrected chi connectivity index (χ1v) is 6.01. The van der Waals surface area contributed by atoms with Gasteiger partial charge in [0.1, 0.15) is 5.84 Å². The van der Waals surface area contributed by atoms with Gasteiger partial charge in [-0.05, 0) is 13.3 Å². The molecule has 1 atom stereocenters. The third-order valence-electron chi connectivity index (χ3n) is 1.84. The average molecular weight is 237 g/mol. The fourth-order valence-corrected chi connectivity index (χ4v) is 2.04. The van der Waals surface area contributed by atoms with E-state index in [2.05, 4.69) is 4.72 Å². The molecule has 0 saturated carbocycles. The topological polar surface area (TPSA) is 133 Å². The van der Waals surface area contributed by atoms with Gasteiger partial charge >= 0.3 is 5.97 Å². The molecule has 0 aliphatic carbocycles. The number of nitrogens with one attached hydrogen (secondary N) is 2. The summed E-state index contributed by atoms with van der Waals surface area (Å²) in [5.41, 5.74) is 3.89. The van der Waals surface area contributed by atoms with Crippen LogP contribution < -0.4 is 10.5 Å². The van der Waals surface area contributed by atoms with Crippen molar-refractivity contribution >= 4 is 21.8 Å². The molecule has 0 bridgehead atoms. The molecule has 8 heteroatoms. The Hall–Kier alpha value is -1.15. The summed E-state index contributed by atoms with van der Waals surface area (Å²) in [6, 6.07) is 0. The lowest BCUT2D eigenvalue weighted by Crippen LogP contribution is -2.54. The Morgan fingerprint density at radius 1 is 1.60 bits per heavy atom. The Balaban J connectivity index is 4.75. The lowest BCUT2D eigenvalue weighted by Gasteiger charge is -2.27. The van der Waals surface area contributed by atoms with Crippen LogP contribution in [0.2, 0.25) is 0 Å². The molecule has 1 unspecified atom stereocenters. The van der Waals surface area contributed by atoms with Crippen molar-refractivity contribution in [1.82, 2.24) is 4.72 Å². The van der Waals surface area contributed by atoms with Gasteiger partial charge in [-0.1, -0.05) is 0 Å². The van der Waals surface area contributed by atoms with Gasteiger partial charge in [-0.2, -0.15) is 0 Å². The normalized spacial score (nSPS) is 15.6. The molecule has 0 aromatic heterocycles. The van der Waals surface area contributed by atoms with Gasteiger partial charge in [-0.3, -0.25) is 10.2 Å². The number of carboxylic acid groups (broad SMARTS) is 1. The lowest BCUT2D eigenvalue weighted by atomic mass is 9.96. The second-order valence-electron chi connectivity index (χ2n) is 3.51. The number of sulfonamides is 1. The van der Waals surface area contributed by atoms with Crippen molar-refractivity contribution in [2.24, 2.45) is 5.73 Å². The van der Waals surface area contributed by atoms with Gasteiger partial charge in [0.2, 0.25) is 10.0 Å². The van der Waals surface area contributed by atoms with Crippen molar-refractivity contribution in [3.63, 3.8) is 0 Å². The number of carboxylic acids is 1. The summed E-state index contributed by atoms with van der Waals surface area (Å²) in [7, 11) is -3.54. The Morgan fingerprint density at radius 2 is 2.07 bits per heavy atom. The Bertz CT molecular complexity index is 364. The molecule has 88 valence electrons. The summed E-state index contributed by atoms with van der Waals surface area (Å²) in [6.07, 6.45) is 0.596. The Kier molecular flexibility index (Phi) is 4.23. The smallest absolute Gasteiger partial charge is 0.303 e. The van der Waals surface area contributed by atoms with E-state index in [1.165, 1.54) is 6.92 Å². The predicted molar refractivity (Wildman–Crippen MR) is 55.2 cm³/mol. The highest BCUT2D eigenvalue weighted by molar-refractivity contribution is 7.88. The third kappa shape index (κ3) is 5.33. The second kappa shape index (κ2) is 4.58. The van der Waals surface area contributed by atoms with Crippen LogP contribution in [0.3, 0.4) is 0 Å². The summed E-state index contributed by atoms with van der Waals surface area (Å²) < 4.78 is 24.1. The summed E-state index contributed by atoms with van der Waals surface area (Å²) in [5.74, 6) is -1.48. The van der Waals surface area contributed by atoms with Gasteiger partial charge in [0, 0.05) is 6.42 Å². The zero-order valence-electron chi connectivity index (χ0n) is 8.57. The van der Waals surface area contributed by atoms with E-state index < -0.39 is 27.4 Å². The standard InChI is InChI=1S/C7H15N3O4S/c1-7(6(8)9,4-3-5(11)12)10-15(2,13)14/h10H,3-4H2,1-2H3,(H3,8,9)(H,11,12). The van der Waals surface area contributed by atoms with E-state index in [9.17, 15) is 13.2 Å². The Labute approximate surface area is 88.2 Å². The summed E-state index contributed by atoms with van der Waals surface area (Å²) >= 11 is 0. The molecule has 0 aliphatic rings. The van der Waals surface area contributed by atoms with Crippen molar-refractivity contribution in [2.75, 3.05) is 6.26 Å². The van der Waals surface area contributed by atoms with Crippen LogP contribution in [0.25, 0.3) is 0 Å². The number of aliphatic carboxylic acids is 1. The summed E-state index contributed by atoms with van der Waals surface area (Å²) in [6.45, 7) is 1.37. The van der Waals surface area contributed by atoms with Crippen LogP contribution in [0.1, 0.15) is 19.8 Å². The van der Waals surface area contributed by atoms with Crippen molar-refractivity contribution in [3.8, 4) is 0 Å². The van der Waals surface area contributed by atoms with Gasteiger partial charge in [0.25, 0.3) is 0 Å². The van der Waals surface area contributed by atoms with Crippen LogP contribution in [-0.2, 0) is 14.8 Å². The van der Waals surface area contributed by atoms with Crippen LogP contribution in [0, 0.1) is 5.41 Å². The van der Waals surface area contributed by atoms with E-state index in [-0.39, 0.29) is 12.8 Å². The number of rotatable bonds is 6. The van der Waals surface area contributed by atoms with Gasteiger partial charge in [-0.25, -0.2) is 13.1 Å². The minimum atomic E-state index is -3.54. The summed E-state index contributed by atoms with van der Waals surface area (Å²) in [5, 5.41) is 15.7. The minimum absolute atomic E-state index is 0.0647. The molecular weight excluding hydrogens is 222 g/mol. The molecule has 0 rings (SSSR count). The highest BCUT2D eigenvalue weighted by atomic mass is 32.2. The molecule has 0 fully saturated rings. The van der Waals surface area contributed by atoms with Gasteiger partial charge in [-0.15, -0.1) is 0 Å². The fraction of sp³-hybridized carbons (Fsp3) is 0.714. The molecule has 0 aromatic rings. The average Bonchev–Trinajstić information content (AvgIpc) is 1.97. The van der Waals surface area contributed by atoms with Crippen LogP contribution in [0.5, 0.6) is 0 Å². The van der Waals surface area contributed by atoms with E-state index in [0.717, 1.165) is 6.26 Å². The van der Waals surface area contributed by atoms with Crippen molar-refractivity contribution in [3.05, 3.63) is 0 Å². The lowest BCUT2D eigenvalue weighted by molar-refractivity contribution is -0.137. The van der Waals surface area contributed by atoms with Gasteiger partial charge in [0.15, 0.2) is 0 Å². The number of carbonyl (C=O) groups is 1. The third-order valence-corrected chi connectivity index (χ3v) is 2.67. The quantitative estimate of drug-likeness (QED) is 0.351. The number of nitrogens with two attached hydrogens (primary N) is 1. The first-order valence-electron chi connectivity index (χ1n) is 4.12. The van der Waals surface area contributed by atoms with Crippen LogP contribution >= 0.6 is 0 Å². The maximum Gasteiger partial charge on any atom is 0.303 e. The molecule has 15 heavy (non-hydrogen) atoms. The number of hydrogen-bond donors (Lipinski definition) is 4. The minimum Gasteiger partial charge on any atom is -0.481 e. The molecule has 0 aliphatic heterocycles. The number of amidine groups is 1. The second-order valence-corrected chi connectivity index (χ2v) is 5.26. The summed E-state index contributed by atoms with van der Waals surface area (Å²) in [4.78, 5) is 10.3. The number of hydrogen-bond acceptors (Lipinski definition) is 4. The zero-order chi connectivity index (χ0) is 12.3. The monoisotopic (exact) mass is 237 g/mol. The van der Waals surface area contributed by atoms with E-state index >= 15 is 0 Å². The molecule has 0 amide bonds. The van der Waals surface area contributed by atoms with Crippen LogP contribution in [0.4, 0.5) is 0 Å².